The van der Waals surface area contributed by atoms with E-state index < -0.39 is 17.2 Å². The predicted octanol–water partition coefficient (Wildman–Crippen LogP) is 5.05. The van der Waals surface area contributed by atoms with Gasteiger partial charge >= 0.3 is 0 Å². The van der Waals surface area contributed by atoms with Crippen LogP contribution in [0.2, 0.25) is 0 Å². The third kappa shape index (κ3) is 2.87. The summed E-state index contributed by atoms with van der Waals surface area (Å²) in [6, 6.07) is 20.9. The van der Waals surface area contributed by atoms with E-state index in [4.69, 9.17) is 15.5 Å². The highest BCUT2D eigenvalue weighted by Gasteiger charge is 2.44. The Morgan fingerprint density at radius 2 is 1.62 bits per heavy atom. The van der Waals surface area contributed by atoms with Gasteiger partial charge in [0, 0.05) is 23.5 Å². The molecule has 6 heteroatoms. The van der Waals surface area contributed by atoms with E-state index in [9.17, 15) is 4.39 Å². The van der Waals surface area contributed by atoms with Crippen LogP contribution in [-0.4, -0.2) is 17.9 Å². The number of halogens is 2. The van der Waals surface area contributed by atoms with Crippen molar-refractivity contribution in [2.75, 3.05) is 7.11 Å². The number of nitrogens with two attached hydrogens (primary N) is 1. The second-order valence-corrected chi connectivity index (χ2v) is 7.51. The number of rotatable bonds is 4. The Morgan fingerprint density at radius 1 is 0.875 bits per heavy atom. The summed E-state index contributed by atoms with van der Waals surface area (Å²) in [6.07, 6.45) is 3.32. The van der Waals surface area contributed by atoms with Gasteiger partial charge in [0.05, 0.1) is 12.7 Å². The molecular weight excluding hydrogens is 408 g/mol. The first-order valence-electron chi connectivity index (χ1n) is 10.0. The van der Waals surface area contributed by atoms with E-state index in [1.807, 2.05) is 42.5 Å². The van der Waals surface area contributed by atoms with Crippen molar-refractivity contribution in [3.05, 3.63) is 119 Å². The third-order valence-electron chi connectivity index (χ3n) is 5.82. The first-order valence-corrected chi connectivity index (χ1v) is 10.0. The number of hydrogen-bond donors (Lipinski definition) is 1. The highest BCUT2D eigenvalue weighted by Crippen LogP contribution is 2.47. The molecule has 158 valence electrons. The van der Waals surface area contributed by atoms with Gasteiger partial charge in [0.15, 0.2) is 11.6 Å². The van der Waals surface area contributed by atoms with Crippen LogP contribution in [0.15, 0.2) is 90.2 Å². The van der Waals surface area contributed by atoms with E-state index >= 15 is 4.39 Å². The molecule has 32 heavy (non-hydrogen) atoms. The molecule has 2 N–H and O–H groups in total. The standard InChI is InChI=1S/C26H19F2N3O/c1-32-22-10-3-7-19(24(22)28)16-5-2-6-18(15-16)26(17-11-13-30-14-12-17)20-8-4-9-21(27)23(20)25(29)31-26/h2-15H,1H3,(H2,29,31). The molecule has 0 aliphatic carbocycles. The number of methoxy groups -OCH3 is 1. The fourth-order valence-corrected chi connectivity index (χ4v) is 4.39. The molecular formula is C26H19F2N3O. The second kappa shape index (κ2) is 7.57. The predicted molar refractivity (Wildman–Crippen MR) is 120 cm³/mol. The number of aromatic nitrogens is 1. The van der Waals surface area contributed by atoms with Crippen molar-refractivity contribution >= 4 is 5.84 Å². The zero-order chi connectivity index (χ0) is 22.3. The summed E-state index contributed by atoms with van der Waals surface area (Å²) in [4.78, 5) is 8.90. The highest BCUT2D eigenvalue weighted by molar-refractivity contribution is 6.03. The topological polar surface area (TPSA) is 60.5 Å². The van der Waals surface area contributed by atoms with Gasteiger partial charge in [0.2, 0.25) is 0 Å². The van der Waals surface area contributed by atoms with E-state index in [1.165, 1.54) is 13.2 Å². The lowest BCUT2D eigenvalue weighted by Gasteiger charge is -2.29. The van der Waals surface area contributed by atoms with Crippen molar-refractivity contribution in [1.29, 1.82) is 0 Å². The average Bonchev–Trinajstić information content (AvgIpc) is 3.14. The molecule has 3 aromatic carbocycles. The van der Waals surface area contributed by atoms with Gasteiger partial charge in [-0.1, -0.05) is 42.5 Å². The van der Waals surface area contributed by atoms with E-state index in [2.05, 4.69) is 4.98 Å². The Morgan fingerprint density at radius 3 is 2.41 bits per heavy atom. The molecule has 0 radical (unpaired) electrons. The van der Waals surface area contributed by atoms with Gasteiger partial charge in [-0.15, -0.1) is 0 Å². The molecule has 0 fully saturated rings. The van der Waals surface area contributed by atoms with E-state index in [0.717, 1.165) is 11.1 Å². The van der Waals surface area contributed by atoms with E-state index in [1.54, 1.807) is 36.7 Å². The van der Waals surface area contributed by atoms with Crippen molar-refractivity contribution in [1.82, 2.24) is 4.98 Å². The van der Waals surface area contributed by atoms with Crippen LogP contribution in [0, 0.1) is 11.6 Å². The molecule has 1 aliphatic heterocycles. The van der Waals surface area contributed by atoms with Crippen molar-refractivity contribution in [3.8, 4) is 16.9 Å². The van der Waals surface area contributed by atoms with Gasteiger partial charge < -0.3 is 10.5 Å². The van der Waals surface area contributed by atoms with E-state index in [-0.39, 0.29) is 17.1 Å². The third-order valence-corrected chi connectivity index (χ3v) is 5.82. The molecule has 0 amide bonds. The maximum atomic E-state index is 15.0. The number of aliphatic imine (C=N–C) groups is 1. The molecule has 4 aromatic rings. The molecule has 2 heterocycles. The summed E-state index contributed by atoms with van der Waals surface area (Å²) >= 11 is 0. The van der Waals surface area contributed by atoms with Crippen LogP contribution in [-0.2, 0) is 5.54 Å². The van der Waals surface area contributed by atoms with Gasteiger partial charge in [-0.05, 0) is 47.0 Å². The summed E-state index contributed by atoms with van der Waals surface area (Å²) < 4.78 is 34.9. The van der Waals surface area contributed by atoms with Crippen LogP contribution in [0.25, 0.3) is 11.1 Å². The van der Waals surface area contributed by atoms with Crippen LogP contribution in [0.4, 0.5) is 8.78 Å². The molecule has 0 spiro atoms. The van der Waals surface area contributed by atoms with Crippen LogP contribution in [0.5, 0.6) is 5.75 Å². The van der Waals surface area contributed by atoms with Crippen molar-refractivity contribution in [3.63, 3.8) is 0 Å². The first-order chi connectivity index (χ1) is 15.6. The Bertz CT molecular complexity index is 1350. The number of ether oxygens (including phenoxy) is 1. The fourth-order valence-electron chi connectivity index (χ4n) is 4.39. The van der Waals surface area contributed by atoms with Crippen LogP contribution in [0.1, 0.15) is 22.3 Å². The zero-order valence-corrected chi connectivity index (χ0v) is 17.2. The number of amidine groups is 1. The lowest BCUT2D eigenvalue weighted by molar-refractivity contribution is 0.387. The molecule has 1 atom stereocenters. The summed E-state index contributed by atoms with van der Waals surface area (Å²) in [5.74, 6) is -0.610. The van der Waals surface area contributed by atoms with Crippen LogP contribution in [0.3, 0.4) is 0 Å². The zero-order valence-electron chi connectivity index (χ0n) is 17.2. The molecule has 0 bridgehead atoms. The summed E-state index contributed by atoms with van der Waals surface area (Å²) in [5, 5.41) is 0. The summed E-state index contributed by atoms with van der Waals surface area (Å²) in [6.45, 7) is 0. The Balaban J connectivity index is 1.79. The summed E-state index contributed by atoms with van der Waals surface area (Å²) in [7, 11) is 1.43. The quantitative estimate of drug-likeness (QED) is 0.496. The maximum absolute atomic E-state index is 15.0. The summed E-state index contributed by atoms with van der Waals surface area (Å²) in [5.41, 5.74) is 8.60. The smallest absolute Gasteiger partial charge is 0.172 e. The molecule has 1 unspecified atom stereocenters. The molecule has 4 nitrogen and oxygen atoms in total. The molecule has 0 saturated carbocycles. The minimum Gasteiger partial charge on any atom is -0.494 e. The number of hydrogen-bond acceptors (Lipinski definition) is 4. The Kier molecular flexibility index (Phi) is 4.70. The van der Waals surface area contributed by atoms with Gasteiger partial charge in [-0.2, -0.15) is 0 Å². The van der Waals surface area contributed by atoms with Gasteiger partial charge in [-0.25, -0.2) is 13.8 Å². The average molecular weight is 427 g/mol. The lowest BCUT2D eigenvalue weighted by Crippen LogP contribution is -2.25. The normalized spacial score (nSPS) is 17.0. The maximum Gasteiger partial charge on any atom is 0.172 e. The number of fused-ring (bicyclic) bond motifs is 1. The minimum absolute atomic E-state index is 0.118. The lowest BCUT2D eigenvalue weighted by atomic mass is 9.77. The Hall–Kier alpha value is -4.06. The molecule has 0 saturated heterocycles. The van der Waals surface area contributed by atoms with Gasteiger partial charge in [0.1, 0.15) is 17.2 Å². The van der Waals surface area contributed by atoms with Gasteiger partial charge in [-0.3, -0.25) is 4.98 Å². The van der Waals surface area contributed by atoms with Crippen molar-refractivity contribution in [2.24, 2.45) is 10.7 Å². The minimum atomic E-state index is -1.09. The van der Waals surface area contributed by atoms with Crippen LogP contribution >= 0.6 is 0 Å². The van der Waals surface area contributed by atoms with Crippen molar-refractivity contribution < 1.29 is 13.5 Å². The largest absolute Gasteiger partial charge is 0.494 e. The number of pyridine rings is 1. The first kappa shape index (κ1) is 19.9. The van der Waals surface area contributed by atoms with E-state index in [0.29, 0.717) is 16.7 Å². The highest BCUT2D eigenvalue weighted by atomic mass is 19.1. The monoisotopic (exact) mass is 427 g/mol. The molecule has 1 aromatic heterocycles. The van der Waals surface area contributed by atoms with Crippen molar-refractivity contribution in [2.45, 2.75) is 5.54 Å². The van der Waals surface area contributed by atoms with Crippen LogP contribution < -0.4 is 10.5 Å². The number of benzene rings is 3. The molecule has 1 aliphatic rings. The molecule has 5 rings (SSSR count). The fraction of sp³-hybridized carbons (Fsp3) is 0.0769. The van der Waals surface area contributed by atoms with Gasteiger partial charge in [0.25, 0.3) is 0 Å². The SMILES string of the molecule is COc1cccc(-c2cccc(C3(c4ccncc4)N=C(N)c4c(F)cccc43)c2)c1F. The second-order valence-electron chi connectivity index (χ2n) is 7.51. The number of nitrogens with zero attached hydrogens (tertiary/aromatic N) is 2. The Labute approximate surface area is 184 Å².